The van der Waals surface area contributed by atoms with E-state index in [4.69, 9.17) is 4.74 Å². The highest BCUT2D eigenvalue weighted by Gasteiger charge is 2.36. The van der Waals surface area contributed by atoms with Crippen molar-refractivity contribution in [2.45, 2.75) is 36.9 Å². The van der Waals surface area contributed by atoms with E-state index in [1.165, 1.54) is 11.3 Å². The molecule has 1 aliphatic heterocycles. The maximum absolute atomic E-state index is 12.9. The minimum absolute atomic E-state index is 0.0851. The van der Waals surface area contributed by atoms with Crippen LogP contribution < -0.4 is 4.74 Å². The summed E-state index contributed by atoms with van der Waals surface area (Å²) in [4.78, 5) is 1.01. The van der Waals surface area contributed by atoms with Gasteiger partial charge >= 0.3 is 0 Å². The largest absolute Gasteiger partial charge is 0.494 e. The molecule has 1 fully saturated rings. The Hall–Kier alpha value is -1.37. The topological polar surface area (TPSA) is 46.6 Å². The van der Waals surface area contributed by atoms with Crippen molar-refractivity contribution in [3.8, 4) is 5.75 Å². The molecule has 1 unspecified atom stereocenters. The van der Waals surface area contributed by atoms with Crippen LogP contribution in [0, 0.1) is 6.92 Å². The van der Waals surface area contributed by atoms with Crippen molar-refractivity contribution in [3.63, 3.8) is 0 Å². The number of thiophene rings is 1. The average Bonchev–Trinajstić information content (AvgIpc) is 3.18. The number of ether oxygens (including phenoxy) is 1. The van der Waals surface area contributed by atoms with Crippen molar-refractivity contribution in [3.05, 3.63) is 46.8 Å². The molecule has 0 saturated carbocycles. The van der Waals surface area contributed by atoms with Gasteiger partial charge in [0, 0.05) is 11.4 Å². The van der Waals surface area contributed by atoms with Gasteiger partial charge in [0.05, 0.1) is 12.6 Å². The normalized spacial score (nSPS) is 19.1. The summed E-state index contributed by atoms with van der Waals surface area (Å²) in [5.41, 5.74) is 1.03. The SMILES string of the molecule is CCOc1ccc(C2CCCN2S(=O)(=O)c2ccc(C)s2)cc1. The van der Waals surface area contributed by atoms with E-state index in [0.29, 0.717) is 17.4 Å². The summed E-state index contributed by atoms with van der Waals surface area (Å²) >= 11 is 1.34. The third-order valence-corrected chi connectivity index (χ3v) is 7.43. The molecular formula is C17H21NO3S2. The Bertz CT molecular complexity index is 765. The van der Waals surface area contributed by atoms with Gasteiger partial charge in [0.25, 0.3) is 10.0 Å². The number of nitrogens with zero attached hydrogens (tertiary/aromatic N) is 1. The Morgan fingerprint density at radius 2 is 1.96 bits per heavy atom. The highest BCUT2D eigenvalue weighted by atomic mass is 32.2. The Morgan fingerprint density at radius 1 is 1.22 bits per heavy atom. The quantitative estimate of drug-likeness (QED) is 0.818. The highest BCUT2D eigenvalue weighted by molar-refractivity contribution is 7.91. The zero-order valence-corrected chi connectivity index (χ0v) is 15.0. The van der Waals surface area contributed by atoms with E-state index >= 15 is 0 Å². The molecule has 0 bridgehead atoms. The number of hydrogen-bond donors (Lipinski definition) is 0. The minimum atomic E-state index is -3.41. The van der Waals surface area contributed by atoms with Crippen molar-refractivity contribution in [2.24, 2.45) is 0 Å². The smallest absolute Gasteiger partial charge is 0.253 e. The summed E-state index contributed by atoms with van der Waals surface area (Å²) in [6.07, 6.45) is 1.75. The first-order chi connectivity index (χ1) is 11.0. The number of hydrogen-bond acceptors (Lipinski definition) is 4. The lowest BCUT2D eigenvalue weighted by molar-refractivity contribution is 0.339. The number of benzene rings is 1. The maximum atomic E-state index is 12.9. The maximum Gasteiger partial charge on any atom is 0.253 e. The standard InChI is InChI=1S/C17H21NO3S2/c1-3-21-15-9-7-14(8-10-15)16-5-4-12-18(16)23(19,20)17-11-6-13(2)22-17/h6-11,16H,3-5,12H2,1-2H3. The van der Waals surface area contributed by atoms with Crippen LogP contribution >= 0.6 is 11.3 Å². The first kappa shape index (κ1) is 16.5. The molecule has 0 spiro atoms. The van der Waals surface area contributed by atoms with E-state index in [2.05, 4.69) is 0 Å². The summed E-state index contributed by atoms with van der Waals surface area (Å²) < 4.78 is 33.4. The second-order valence-electron chi connectivity index (χ2n) is 5.64. The Morgan fingerprint density at radius 3 is 2.57 bits per heavy atom. The third kappa shape index (κ3) is 3.29. The van der Waals surface area contributed by atoms with Crippen molar-refractivity contribution >= 4 is 21.4 Å². The summed E-state index contributed by atoms with van der Waals surface area (Å²) in [5, 5.41) is 0. The van der Waals surface area contributed by atoms with Crippen molar-refractivity contribution in [1.82, 2.24) is 4.31 Å². The molecular weight excluding hydrogens is 330 g/mol. The van der Waals surface area contributed by atoms with Crippen LogP contribution in [0.2, 0.25) is 0 Å². The Labute approximate surface area is 141 Å². The molecule has 2 aromatic rings. The summed E-state index contributed by atoms with van der Waals surface area (Å²) in [6, 6.07) is 11.3. The predicted molar refractivity (Wildman–Crippen MR) is 92.5 cm³/mol. The molecule has 1 atom stereocenters. The van der Waals surface area contributed by atoms with E-state index < -0.39 is 10.0 Å². The molecule has 23 heavy (non-hydrogen) atoms. The lowest BCUT2D eigenvalue weighted by Gasteiger charge is -2.24. The van der Waals surface area contributed by atoms with Gasteiger partial charge in [-0.3, -0.25) is 0 Å². The molecule has 3 rings (SSSR count). The van der Waals surface area contributed by atoms with Gasteiger partial charge in [-0.05, 0) is 56.5 Å². The summed E-state index contributed by atoms with van der Waals surface area (Å²) in [6.45, 7) is 5.08. The number of sulfonamides is 1. The molecule has 1 aromatic carbocycles. The van der Waals surface area contributed by atoms with Crippen molar-refractivity contribution in [1.29, 1.82) is 0 Å². The Balaban J connectivity index is 1.88. The molecule has 4 nitrogen and oxygen atoms in total. The van der Waals surface area contributed by atoms with Crippen LogP contribution in [0.1, 0.15) is 36.2 Å². The number of aryl methyl sites for hydroxylation is 1. The minimum Gasteiger partial charge on any atom is -0.494 e. The van der Waals surface area contributed by atoms with E-state index in [9.17, 15) is 8.42 Å². The zero-order chi connectivity index (χ0) is 16.4. The van der Waals surface area contributed by atoms with Crippen molar-refractivity contribution < 1.29 is 13.2 Å². The molecule has 0 radical (unpaired) electrons. The van der Waals surface area contributed by atoms with Crippen LogP contribution in [0.5, 0.6) is 5.75 Å². The second-order valence-corrected chi connectivity index (χ2v) is 9.05. The van der Waals surface area contributed by atoms with E-state index in [1.54, 1.807) is 10.4 Å². The summed E-state index contributed by atoms with van der Waals surface area (Å²) in [5.74, 6) is 0.817. The van der Waals surface area contributed by atoms with E-state index in [1.807, 2.05) is 44.2 Å². The van der Waals surface area contributed by atoms with Gasteiger partial charge in [-0.15, -0.1) is 11.3 Å². The predicted octanol–water partition coefficient (Wildman–Crippen LogP) is 3.98. The molecule has 0 N–H and O–H groups in total. The third-order valence-electron chi connectivity index (χ3n) is 4.06. The average molecular weight is 351 g/mol. The van der Waals surface area contributed by atoms with E-state index in [-0.39, 0.29) is 6.04 Å². The van der Waals surface area contributed by atoms with Crippen LogP contribution in [0.4, 0.5) is 0 Å². The van der Waals surface area contributed by atoms with E-state index in [0.717, 1.165) is 29.0 Å². The highest BCUT2D eigenvalue weighted by Crippen LogP contribution is 2.38. The lowest BCUT2D eigenvalue weighted by Crippen LogP contribution is -2.30. The molecule has 0 aliphatic carbocycles. The van der Waals surface area contributed by atoms with Crippen LogP contribution in [-0.4, -0.2) is 25.9 Å². The van der Waals surface area contributed by atoms with Gasteiger partial charge in [0.1, 0.15) is 9.96 Å². The monoisotopic (exact) mass is 351 g/mol. The fraction of sp³-hybridized carbons (Fsp3) is 0.412. The van der Waals surface area contributed by atoms with Crippen LogP contribution in [0.25, 0.3) is 0 Å². The van der Waals surface area contributed by atoms with Gasteiger partial charge < -0.3 is 4.74 Å². The lowest BCUT2D eigenvalue weighted by atomic mass is 10.1. The molecule has 1 aliphatic rings. The molecule has 1 saturated heterocycles. The van der Waals surface area contributed by atoms with Crippen molar-refractivity contribution in [2.75, 3.05) is 13.2 Å². The molecule has 2 heterocycles. The molecule has 6 heteroatoms. The summed E-state index contributed by atoms with van der Waals surface area (Å²) in [7, 11) is -3.41. The molecule has 124 valence electrons. The fourth-order valence-electron chi connectivity index (χ4n) is 2.98. The zero-order valence-electron chi connectivity index (χ0n) is 13.4. The van der Waals surface area contributed by atoms with Gasteiger partial charge in [0.15, 0.2) is 0 Å². The second kappa shape index (κ2) is 6.63. The molecule has 0 amide bonds. The van der Waals surface area contributed by atoms with Crippen LogP contribution in [-0.2, 0) is 10.0 Å². The van der Waals surface area contributed by atoms with Crippen LogP contribution in [0.3, 0.4) is 0 Å². The van der Waals surface area contributed by atoms with Gasteiger partial charge in [-0.1, -0.05) is 12.1 Å². The molecule has 1 aromatic heterocycles. The van der Waals surface area contributed by atoms with Gasteiger partial charge in [-0.25, -0.2) is 8.42 Å². The van der Waals surface area contributed by atoms with Gasteiger partial charge in [-0.2, -0.15) is 4.31 Å². The first-order valence-electron chi connectivity index (χ1n) is 7.83. The first-order valence-corrected chi connectivity index (χ1v) is 10.1. The van der Waals surface area contributed by atoms with Gasteiger partial charge in [0.2, 0.25) is 0 Å². The number of rotatable bonds is 5. The fourth-order valence-corrected chi connectivity index (χ4v) is 6.08. The Kier molecular flexibility index (Phi) is 4.75. The van der Waals surface area contributed by atoms with Crippen LogP contribution in [0.15, 0.2) is 40.6 Å².